The molecule has 0 spiro atoms. The standard InChI is InChI=1S/C13H19N/c1-9-5-4-6-12-11(8-14-3)7-10(2)13(9)12/h4-6,10-11,14H,7-8H2,1-3H3. The zero-order valence-corrected chi connectivity index (χ0v) is 9.30. The van der Waals surface area contributed by atoms with Gasteiger partial charge in [-0.25, -0.2) is 0 Å². The van der Waals surface area contributed by atoms with E-state index in [4.69, 9.17) is 0 Å². The van der Waals surface area contributed by atoms with Crippen LogP contribution in [0.1, 0.15) is 41.9 Å². The van der Waals surface area contributed by atoms with Crippen LogP contribution in [0.5, 0.6) is 0 Å². The van der Waals surface area contributed by atoms with Gasteiger partial charge in [-0.2, -0.15) is 0 Å². The average Bonchev–Trinajstić information content (AvgIpc) is 2.46. The molecular weight excluding hydrogens is 170 g/mol. The maximum atomic E-state index is 3.29. The minimum Gasteiger partial charge on any atom is -0.319 e. The third-order valence-electron chi connectivity index (χ3n) is 3.38. The summed E-state index contributed by atoms with van der Waals surface area (Å²) < 4.78 is 0. The Morgan fingerprint density at radius 2 is 2.21 bits per heavy atom. The van der Waals surface area contributed by atoms with Crippen molar-refractivity contribution in [2.45, 2.75) is 32.1 Å². The highest BCUT2D eigenvalue weighted by molar-refractivity contribution is 5.43. The monoisotopic (exact) mass is 189 g/mol. The minimum atomic E-state index is 0.727. The van der Waals surface area contributed by atoms with Crippen LogP contribution < -0.4 is 5.32 Å². The summed E-state index contributed by atoms with van der Waals surface area (Å²) in [6.07, 6.45) is 1.31. The van der Waals surface area contributed by atoms with Crippen molar-refractivity contribution in [3.8, 4) is 0 Å². The fourth-order valence-electron chi connectivity index (χ4n) is 2.84. The normalized spacial score (nSPS) is 25.1. The lowest BCUT2D eigenvalue weighted by molar-refractivity contribution is 0.584. The SMILES string of the molecule is CNCC1CC(C)c2c(C)cccc21. The van der Waals surface area contributed by atoms with Gasteiger partial charge in [-0.3, -0.25) is 0 Å². The number of hydrogen-bond donors (Lipinski definition) is 1. The van der Waals surface area contributed by atoms with Crippen molar-refractivity contribution in [1.29, 1.82) is 0 Å². The summed E-state index contributed by atoms with van der Waals surface area (Å²) in [6.45, 7) is 5.69. The van der Waals surface area contributed by atoms with E-state index in [2.05, 4.69) is 37.4 Å². The smallest absolute Gasteiger partial charge is 0.00174 e. The van der Waals surface area contributed by atoms with E-state index in [1.807, 2.05) is 7.05 Å². The van der Waals surface area contributed by atoms with Crippen molar-refractivity contribution in [2.75, 3.05) is 13.6 Å². The Hall–Kier alpha value is -0.820. The van der Waals surface area contributed by atoms with Gasteiger partial charge in [0.2, 0.25) is 0 Å². The Labute approximate surface area is 86.5 Å². The predicted octanol–water partition coefficient (Wildman–Crippen LogP) is 2.81. The zero-order valence-electron chi connectivity index (χ0n) is 9.30. The summed E-state index contributed by atoms with van der Waals surface area (Å²) in [7, 11) is 2.04. The first-order chi connectivity index (χ1) is 6.74. The van der Waals surface area contributed by atoms with Gasteiger partial charge in [0.05, 0.1) is 0 Å². The molecule has 1 heteroatoms. The molecule has 0 aromatic heterocycles. The summed E-state index contributed by atoms with van der Waals surface area (Å²) in [5, 5.41) is 3.29. The van der Waals surface area contributed by atoms with Gasteiger partial charge in [-0.1, -0.05) is 25.1 Å². The molecule has 0 saturated carbocycles. The van der Waals surface area contributed by atoms with Crippen LogP contribution in [0.3, 0.4) is 0 Å². The van der Waals surface area contributed by atoms with Crippen LogP contribution in [0.25, 0.3) is 0 Å². The van der Waals surface area contributed by atoms with Crippen molar-refractivity contribution in [2.24, 2.45) is 0 Å². The minimum absolute atomic E-state index is 0.727. The maximum Gasteiger partial charge on any atom is 0.00174 e. The van der Waals surface area contributed by atoms with E-state index in [1.54, 1.807) is 11.1 Å². The highest BCUT2D eigenvalue weighted by atomic mass is 14.8. The zero-order chi connectivity index (χ0) is 10.1. The molecular formula is C13H19N. The molecule has 0 aliphatic heterocycles. The summed E-state index contributed by atoms with van der Waals surface area (Å²) in [4.78, 5) is 0. The molecule has 0 amide bonds. The molecule has 1 nitrogen and oxygen atoms in total. The molecule has 2 rings (SSSR count). The van der Waals surface area contributed by atoms with Crippen LogP contribution in [-0.2, 0) is 0 Å². The van der Waals surface area contributed by atoms with Gasteiger partial charge in [-0.05, 0) is 48.9 Å². The lowest BCUT2D eigenvalue weighted by atomic mass is 9.98. The number of fused-ring (bicyclic) bond motifs is 1. The van der Waals surface area contributed by atoms with Crippen LogP contribution in [0.4, 0.5) is 0 Å². The molecule has 0 radical (unpaired) electrons. The highest BCUT2D eigenvalue weighted by Crippen LogP contribution is 2.42. The van der Waals surface area contributed by atoms with Crippen molar-refractivity contribution in [3.63, 3.8) is 0 Å². The fourth-order valence-corrected chi connectivity index (χ4v) is 2.84. The number of rotatable bonds is 2. The Morgan fingerprint density at radius 3 is 2.93 bits per heavy atom. The summed E-state index contributed by atoms with van der Waals surface area (Å²) in [5.41, 5.74) is 4.65. The second-order valence-electron chi connectivity index (χ2n) is 4.47. The van der Waals surface area contributed by atoms with Gasteiger partial charge < -0.3 is 5.32 Å². The summed E-state index contributed by atoms with van der Waals surface area (Å²) >= 11 is 0. The lowest BCUT2D eigenvalue weighted by Crippen LogP contribution is -2.15. The first-order valence-electron chi connectivity index (χ1n) is 5.48. The molecule has 2 atom stereocenters. The number of aryl methyl sites for hydroxylation is 1. The molecule has 14 heavy (non-hydrogen) atoms. The first kappa shape index (κ1) is 9.72. The predicted molar refractivity (Wildman–Crippen MR) is 60.9 cm³/mol. The van der Waals surface area contributed by atoms with Crippen molar-refractivity contribution in [1.82, 2.24) is 5.32 Å². The first-order valence-corrected chi connectivity index (χ1v) is 5.48. The molecule has 2 unspecified atom stereocenters. The number of nitrogens with one attached hydrogen (secondary N) is 1. The van der Waals surface area contributed by atoms with E-state index < -0.39 is 0 Å². The van der Waals surface area contributed by atoms with Gasteiger partial charge >= 0.3 is 0 Å². The van der Waals surface area contributed by atoms with Gasteiger partial charge in [0.1, 0.15) is 0 Å². The Bertz CT molecular complexity index is 330. The fraction of sp³-hybridized carbons (Fsp3) is 0.538. The van der Waals surface area contributed by atoms with Crippen molar-refractivity contribution >= 4 is 0 Å². The van der Waals surface area contributed by atoms with Gasteiger partial charge in [0.25, 0.3) is 0 Å². The topological polar surface area (TPSA) is 12.0 Å². The van der Waals surface area contributed by atoms with E-state index in [0.29, 0.717) is 0 Å². The molecule has 76 valence electrons. The molecule has 1 aromatic rings. The van der Waals surface area contributed by atoms with Gasteiger partial charge in [0.15, 0.2) is 0 Å². The Balaban J connectivity index is 2.39. The second-order valence-corrected chi connectivity index (χ2v) is 4.47. The van der Waals surface area contributed by atoms with Crippen LogP contribution in [-0.4, -0.2) is 13.6 Å². The van der Waals surface area contributed by atoms with E-state index in [-0.39, 0.29) is 0 Å². The third kappa shape index (κ3) is 1.46. The van der Waals surface area contributed by atoms with Crippen molar-refractivity contribution < 1.29 is 0 Å². The highest BCUT2D eigenvalue weighted by Gasteiger charge is 2.28. The number of benzene rings is 1. The maximum absolute atomic E-state index is 3.29. The van der Waals surface area contributed by atoms with Crippen LogP contribution in [0.15, 0.2) is 18.2 Å². The molecule has 1 aromatic carbocycles. The van der Waals surface area contributed by atoms with Crippen LogP contribution >= 0.6 is 0 Å². The lowest BCUT2D eigenvalue weighted by Gasteiger charge is -2.10. The quantitative estimate of drug-likeness (QED) is 0.754. The number of hydrogen-bond acceptors (Lipinski definition) is 1. The van der Waals surface area contributed by atoms with Gasteiger partial charge in [0, 0.05) is 6.54 Å². The molecule has 1 aliphatic carbocycles. The number of likely N-dealkylation sites (N-methyl/N-ethyl adjacent to an activating group) is 1. The van der Waals surface area contributed by atoms with Crippen LogP contribution in [0.2, 0.25) is 0 Å². The molecule has 0 fully saturated rings. The largest absolute Gasteiger partial charge is 0.319 e. The molecule has 0 heterocycles. The third-order valence-corrected chi connectivity index (χ3v) is 3.38. The average molecular weight is 189 g/mol. The van der Waals surface area contributed by atoms with E-state index in [9.17, 15) is 0 Å². The summed E-state index contributed by atoms with van der Waals surface area (Å²) in [5.74, 6) is 1.47. The van der Waals surface area contributed by atoms with E-state index >= 15 is 0 Å². The van der Waals surface area contributed by atoms with E-state index in [1.165, 1.54) is 12.0 Å². The Morgan fingerprint density at radius 1 is 1.43 bits per heavy atom. The van der Waals surface area contributed by atoms with Crippen molar-refractivity contribution in [3.05, 3.63) is 34.9 Å². The van der Waals surface area contributed by atoms with Crippen LogP contribution in [0, 0.1) is 6.92 Å². The second kappa shape index (κ2) is 3.74. The van der Waals surface area contributed by atoms with E-state index in [0.717, 1.165) is 18.4 Å². The van der Waals surface area contributed by atoms with Gasteiger partial charge in [-0.15, -0.1) is 0 Å². The molecule has 0 bridgehead atoms. The Kier molecular flexibility index (Phi) is 2.60. The summed E-state index contributed by atoms with van der Waals surface area (Å²) in [6, 6.07) is 6.72. The molecule has 1 aliphatic rings. The molecule has 0 saturated heterocycles. The molecule has 1 N–H and O–H groups in total.